The first-order chi connectivity index (χ1) is 14.7. The zero-order chi connectivity index (χ0) is 22.0. The van der Waals surface area contributed by atoms with E-state index in [1.807, 2.05) is 4.90 Å². The van der Waals surface area contributed by atoms with Gasteiger partial charge in [0.1, 0.15) is 0 Å². The summed E-state index contributed by atoms with van der Waals surface area (Å²) in [6.07, 6.45) is 4.00. The Morgan fingerprint density at radius 2 is 1.84 bits per heavy atom. The Hall–Kier alpha value is -1.76. The monoisotopic (exact) mass is 435 g/mol. The minimum absolute atomic E-state index is 0.0296. The molecule has 4 atom stereocenters. The SMILES string of the molecule is CC1C2Cc3c(N)cc(C(F)(F)F)cc3CN2C(=O)[C@]12CC[C@@H](N1CCCCCC1)C2. The lowest BCUT2D eigenvalue weighted by molar-refractivity contribution is -0.138. The largest absolute Gasteiger partial charge is 0.416 e. The van der Waals surface area contributed by atoms with Gasteiger partial charge in [0, 0.05) is 24.3 Å². The number of carbonyl (C=O) groups excluding carboxylic acids is 1. The first-order valence-corrected chi connectivity index (χ1v) is 11.7. The molecule has 1 saturated carbocycles. The molecular formula is C24H32F3N3O. The van der Waals surface area contributed by atoms with Gasteiger partial charge in [-0.15, -0.1) is 0 Å². The van der Waals surface area contributed by atoms with Crippen molar-refractivity contribution in [3.05, 3.63) is 28.8 Å². The van der Waals surface area contributed by atoms with Crippen LogP contribution in [0, 0.1) is 11.3 Å². The second-order valence-corrected chi connectivity index (χ2v) is 10.2. The van der Waals surface area contributed by atoms with Crippen molar-refractivity contribution in [2.24, 2.45) is 11.3 Å². The van der Waals surface area contributed by atoms with Gasteiger partial charge < -0.3 is 15.5 Å². The maximum atomic E-state index is 13.7. The third-order valence-electron chi connectivity index (χ3n) is 8.67. The maximum Gasteiger partial charge on any atom is 0.416 e. The van der Waals surface area contributed by atoms with Crippen molar-refractivity contribution in [2.75, 3.05) is 18.8 Å². The van der Waals surface area contributed by atoms with Crippen molar-refractivity contribution in [1.29, 1.82) is 0 Å². The summed E-state index contributed by atoms with van der Waals surface area (Å²) in [6, 6.07) is 2.73. The van der Waals surface area contributed by atoms with Crippen molar-refractivity contribution in [1.82, 2.24) is 9.80 Å². The number of nitrogen functional groups attached to an aromatic ring is 1. The zero-order valence-corrected chi connectivity index (χ0v) is 18.2. The number of amides is 1. The number of alkyl halides is 3. The Morgan fingerprint density at radius 1 is 1.13 bits per heavy atom. The summed E-state index contributed by atoms with van der Waals surface area (Å²) in [5, 5.41) is 0. The highest BCUT2D eigenvalue weighted by Gasteiger charge is 2.60. The molecule has 4 nitrogen and oxygen atoms in total. The van der Waals surface area contributed by atoms with Gasteiger partial charge in [-0.3, -0.25) is 4.79 Å². The van der Waals surface area contributed by atoms with Gasteiger partial charge in [-0.1, -0.05) is 19.8 Å². The number of hydrogen-bond donors (Lipinski definition) is 1. The number of nitrogens with zero attached hydrogens (tertiary/aromatic N) is 2. The molecule has 0 aromatic heterocycles. The molecular weight excluding hydrogens is 403 g/mol. The van der Waals surface area contributed by atoms with E-state index in [0.717, 1.165) is 44.0 Å². The molecule has 2 saturated heterocycles. The fourth-order valence-corrected chi connectivity index (χ4v) is 6.88. The molecule has 2 N–H and O–H groups in total. The van der Waals surface area contributed by atoms with Crippen LogP contribution in [0.4, 0.5) is 18.9 Å². The Bertz CT molecular complexity index is 878. The maximum absolute atomic E-state index is 13.7. The fraction of sp³-hybridized carbons (Fsp3) is 0.708. The second-order valence-electron chi connectivity index (χ2n) is 10.2. The van der Waals surface area contributed by atoms with Crippen LogP contribution >= 0.6 is 0 Å². The zero-order valence-electron chi connectivity index (χ0n) is 18.2. The third-order valence-corrected chi connectivity index (χ3v) is 8.67. The van der Waals surface area contributed by atoms with E-state index in [2.05, 4.69) is 11.8 Å². The van der Waals surface area contributed by atoms with Crippen molar-refractivity contribution in [3.8, 4) is 0 Å². The summed E-state index contributed by atoms with van der Waals surface area (Å²) < 4.78 is 39.9. The topological polar surface area (TPSA) is 49.6 Å². The Balaban J connectivity index is 1.41. The minimum Gasteiger partial charge on any atom is -0.398 e. The number of halogens is 3. The van der Waals surface area contributed by atoms with E-state index in [-0.39, 0.29) is 35.5 Å². The number of nitrogens with two attached hydrogens (primary N) is 1. The third kappa shape index (κ3) is 3.35. The van der Waals surface area contributed by atoms with Crippen LogP contribution < -0.4 is 5.73 Å². The summed E-state index contributed by atoms with van der Waals surface area (Å²) in [7, 11) is 0. The number of rotatable bonds is 1. The van der Waals surface area contributed by atoms with Crippen LogP contribution in [0.1, 0.15) is 68.6 Å². The summed E-state index contributed by atoms with van der Waals surface area (Å²) >= 11 is 0. The first-order valence-electron chi connectivity index (χ1n) is 11.7. The van der Waals surface area contributed by atoms with E-state index in [1.54, 1.807) is 0 Å². The number of fused-ring (bicyclic) bond motifs is 2. The molecule has 2 unspecified atom stereocenters. The predicted molar refractivity (Wildman–Crippen MR) is 113 cm³/mol. The number of hydrogen-bond acceptors (Lipinski definition) is 3. The van der Waals surface area contributed by atoms with Crippen LogP contribution in [0.2, 0.25) is 0 Å². The molecule has 5 rings (SSSR count). The first kappa shape index (κ1) is 21.1. The molecule has 1 aliphatic carbocycles. The molecule has 3 aliphatic heterocycles. The van der Waals surface area contributed by atoms with E-state index < -0.39 is 11.7 Å². The highest BCUT2D eigenvalue weighted by molar-refractivity contribution is 5.87. The predicted octanol–water partition coefficient (Wildman–Crippen LogP) is 4.61. The van der Waals surface area contributed by atoms with Gasteiger partial charge in [0.05, 0.1) is 11.0 Å². The van der Waals surface area contributed by atoms with Crippen molar-refractivity contribution >= 4 is 11.6 Å². The van der Waals surface area contributed by atoms with E-state index in [9.17, 15) is 18.0 Å². The van der Waals surface area contributed by atoms with Crippen LogP contribution in [0.15, 0.2) is 12.1 Å². The normalized spacial score (nSPS) is 34.1. The van der Waals surface area contributed by atoms with Crippen LogP contribution in [-0.2, 0) is 23.9 Å². The number of likely N-dealkylation sites (tertiary alicyclic amines) is 1. The van der Waals surface area contributed by atoms with Gasteiger partial charge in [0.2, 0.25) is 5.91 Å². The van der Waals surface area contributed by atoms with Crippen LogP contribution in [0.3, 0.4) is 0 Å². The average molecular weight is 436 g/mol. The quantitative estimate of drug-likeness (QED) is 0.656. The smallest absolute Gasteiger partial charge is 0.398 e. The molecule has 1 spiro atoms. The van der Waals surface area contributed by atoms with E-state index in [0.29, 0.717) is 18.0 Å². The molecule has 0 bridgehead atoms. The highest BCUT2D eigenvalue weighted by atomic mass is 19.4. The molecule has 1 amide bonds. The molecule has 7 heteroatoms. The van der Waals surface area contributed by atoms with Crippen LogP contribution in [0.25, 0.3) is 0 Å². The summed E-state index contributed by atoms with van der Waals surface area (Å²) in [4.78, 5) is 18.2. The summed E-state index contributed by atoms with van der Waals surface area (Å²) in [6.45, 7) is 4.67. The molecule has 1 aromatic carbocycles. The molecule has 3 fully saturated rings. The van der Waals surface area contributed by atoms with E-state index in [4.69, 9.17) is 5.73 Å². The van der Waals surface area contributed by atoms with E-state index >= 15 is 0 Å². The van der Waals surface area contributed by atoms with Crippen molar-refractivity contribution in [2.45, 2.75) is 83.1 Å². The minimum atomic E-state index is -4.44. The van der Waals surface area contributed by atoms with Gasteiger partial charge >= 0.3 is 6.18 Å². The molecule has 0 radical (unpaired) electrons. The lowest BCUT2D eigenvalue weighted by Gasteiger charge is -2.34. The number of anilines is 1. The van der Waals surface area contributed by atoms with E-state index in [1.165, 1.54) is 31.7 Å². The van der Waals surface area contributed by atoms with Gasteiger partial charge in [0.25, 0.3) is 0 Å². The van der Waals surface area contributed by atoms with Crippen molar-refractivity contribution in [3.63, 3.8) is 0 Å². The van der Waals surface area contributed by atoms with Gasteiger partial charge in [-0.25, -0.2) is 0 Å². The van der Waals surface area contributed by atoms with Crippen LogP contribution in [0.5, 0.6) is 0 Å². The molecule has 170 valence electrons. The number of benzene rings is 1. The van der Waals surface area contributed by atoms with Crippen LogP contribution in [-0.4, -0.2) is 40.9 Å². The molecule has 4 aliphatic rings. The van der Waals surface area contributed by atoms with Gasteiger partial charge in [-0.05, 0) is 80.8 Å². The standard InChI is InChI=1S/C24H32F3N3O/c1-15-21-12-19-16(10-17(11-20(19)28)24(25,26)27)14-30(21)22(31)23(15)7-6-18(13-23)29-8-4-2-3-5-9-29/h10-11,15,18,21H,2-9,12-14,28H2,1H3/t15?,18-,21?,23+/m1/s1. The van der Waals surface area contributed by atoms with Crippen molar-refractivity contribution < 1.29 is 18.0 Å². The molecule has 3 heterocycles. The fourth-order valence-electron chi connectivity index (χ4n) is 6.88. The molecule has 1 aromatic rings. The van der Waals surface area contributed by atoms with Gasteiger partial charge in [-0.2, -0.15) is 13.2 Å². The Labute approximate surface area is 181 Å². The molecule has 31 heavy (non-hydrogen) atoms. The second kappa shape index (κ2) is 7.39. The van der Waals surface area contributed by atoms with Gasteiger partial charge in [0.15, 0.2) is 0 Å². The summed E-state index contributed by atoms with van der Waals surface area (Å²) in [5.41, 5.74) is 6.54. The Morgan fingerprint density at radius 3 is 2.52 bits per heavy atom. The lowest BCUT2D eigenvalue weighted by atomic mass is 9.73. The summed E-state index contributed by atoms with van der Waals surface area (Å²) in [5.74, 6) is 0.343. The number of carbonyl (C=O) groups is 1. The highest BCUT2D eigenvalue weighted by Crippen LogP contribution is 2.56. The lowest BCUT2D eigenvalue weighted by Crippen LogP contribution is -2.40. The Kier molecular flexibility index (Phi) is 5.03. The average Bonchev–Trinajstić information content (AvgIpc) is 3.10.